The average molecular weight is 249 g/mol. The van der Waals surface area contributed by atoms with Gasteiger partial charge in [0.25, 0.3) is 0 Å². The Balaban J connectivity index is 2.92. The number of aromatic nitrogens is 2. The summed E-state index contributed by atoms with van der Waals surface area (Å²) in [6, 6.07) is 0. The number of nitrogens with one attached hydrogen (secondary N) is 1. The van der Waals surface area contributed by atoms with Gasteiger partial charge in [-0.2, -0.15) is 0 Å². The largest absolute Gasteiger partial charge is 0.476 e. The Hall–Kier alpha value is -1.04. The first-order valence-electron chi connectivity index (χ1n) is 3.65. The molecule has 0 atom stereocenters. The van der Waals surface area contributed by atoms with Crippen LogP contribution in [0, 0.1) is 0 Å². The maximum absolute atomic E-state index is 11.1. The first-order valence-corrected chi connectivity index (χ1v) is 4.45. The molecule has 0 spiro atoms. The van der Waals surface area contributed by atoms with Gasteiger partial charge in [-0.3, -0.25) is 5.10 Å². The standard InChI is InChI=1S/C7H9BrN2O3/c1-3-13-6-4(8)5(9-10-6)7(11)12-2/h3H2,1-2H3,(H,9,10). The average Bonchev–Trinajstić information content (AvgIpc) is 2.48. The summed E-state index contributed by atoms with van der Waals surface area (Å²) in [4.78, 5) is 11.1. The fraction of sp³-hybridized carbons (Fsp3) is 0.429. The summed E-state index contributed by atoms with van der Waals surface area (Å²) in [5, 5.41) is 6.29. The smallest absolute Gasteiger partial charge is 0.357 e. The molecule has 1 aromatic heterocycles. The molecule has 0 bridgehead atoms. The van der Waals surface area contributed by atoms with Crippen molar-refractivity contribution in [2.75, 3.05) is 13.7 Å². The van der Waals surface area contributed by atoms with Gasteiger partial charge in [-0.05, 0) is 22.9 Å². The van der Waals surface area contributed by atoms with Gasteiger partial charge < -0.3 is 9.47 Å². The monoisotopic (exact) mass is 248 g/mol. The van der Waals surface area contributed by atoms with Crippen LogP contribution in [0.2, 0.25) is 0 Å². The van der Waals surface area contributed by atoms with E-state index < -0.39 is 5.97 Å². The third kappa shape index (κ3) is 2.00. The lowest BCUT2D eigenvalue weighted by Gasteiger charge is -1.97. The summed E-state index contributed by atoms with van der Waals surface area (Å²) in [5.41, 5.74) is 0.256. The van der Waals surface area contributed by atoms with Crippen LogP contribution in [-0.4, -0.2) is 29.9 Å². The maximum atomic E-state index is 11.1. The normalized spacial score (nSPS) is 9.77. The zero-order valence-corrected chi connectivity index (χ0v) is 8.84. The van der Waals surface area contributed by atoms with E-state index >= 15 is 0 Å². The molecule has 0 radical (unpaired) electrons. The Bertz CT molecular complexity index is 311. The molecule has 1 rings (SSSR count). The van der Waals surface area contributed by atoms with E-state index in [1.165, 1.54) is 7.11 Å². The number of nitrogens with zero attached hydrogens (tertiary/aromatic N) is 1. The number of hydrogen-bond donors (Lipinski definition) is 1. The second kappa shape index (κ2) is 4.27. The highest BCUT2D eigenvalue weighted by atomic mass is 79.9. The van der Waals surface area contributed by atoms with E-state index in [1.807, 2.05) is 6.92 Å². The van der Waals surface area contributed by atoms with E-state index in [2.05, 4.69) is 30.9 Å². The van der Waals surface area contributed by atoms with Gasteiger partial charge in [0.15, 0.2) is 5.69 Å². The molecule has 0 aromatic carbocycles. The SMILES string of the molecule is CCOc1n[nH]c(C(=O)OC)c1Br. The predicted molar refractivity (Wildman–Crippen MR) is 48.8 cm³/mol. The lowest BCUT2D eigenvalue weighted by molar-refractivity contribution is 0.0593. The molecular weight excluding hydrogens is 240 g/mol. The molecule has 0 fully saturated rings. The van der Waals surface area contributed by atoms with Crippen molar-refractivity contribution in [3.8, 4) is 5.88 Å². The van der Waals surface area contributed by atoms with Crippen molar-refractivity contribution in [3.63, 3.8) is 0 Å². The number of hydrogen-bond acceptors (Lipinski definition) is 4. The molecule has 6 heteroatoms. The van der Waals surface area contributed by atoms with Gasteiger partial charge in [-0.25, -0.2) is 4.79 Å². The van der Waals surface area contributed by atoms with E-state index in [0.717, 1.165) is 0 Å². The van der Waals surface area contributed by atoms with Gasteiger partial charge >= 0.3 is 5.97 Å². The van der Waals surface area contributed by atoms with Gasteiger partial charge in [0, 0.05) is 0 Å². The van der Waals surface area contributed by atoms with Crippen LogP contribution in [0.25, 0.3) is 0 Å². The van der Waals surface area contributed by atoms with Gasteiger partial charge in [-0.1, -0.05) is 0 Å². The second-order valence-electron chi connectivity index (χ2n) is 2.14. The van der Waals surface area contributed by atoms with Crippen LogP contribution >= 0.6 is 15.9 Å². The number of methoxy groups -OCH3 is 1. The molecule has 0 saturated carbocycles. The van der Waals surface area contributed by atoms with Gasteiger partial charge in [0.2, 0.25) is 5.88 Å². The van der Waals surface area contributed by atoms with E-state index in [-0.39, 0.29) is 5.69 Å². The van der Waals surface area contributed by atoms with Crippen LogP contribution in [0.1, 0.15) is 17.4 Å². The molecule has 72 valence electrons. The van der Waals surface area contributed by atoms with Crippen LogP contribution < -0.4 is 4.74 Å². The number of ether oxygens (including phenoxy) is 2. The third-order valence-corrected chi connectivity index (χ3v) is 2.08. The summed E-state index contributed by atoms with van der Waals surface area (Å²) in [6.07, 6.45) is 0. The van der Waals surface area contributed by atoms with Gasteiger partial charge in [-0.15, -0.1) is 5.10 Å². The predicted octanol–water partition coefficient (Wildman–Crippen LogP) is 1.36. The molecule has 0 aliphatic heterocycles. The molecule has 5 nitrogen and oxygen atoms in total. The molecule has 0 unspecified atom stereocenters. The Morgan fingerprint density at radius 2 is 2.38 bits per heavy atom. The molecule has 1 heterocycles. The number of aromatic amines is 1. The van der Waals surface area contributed by atoms with Crippen LogP contribution in [0.5, 0.6) is 5.88 Å². The van der Waals surface area contributed by atoms with Gasteiger partial charge in [0.1, 0.15) is 4.47 Å². The van der Waals surface area contributed by atoms with Crippen LogP contribution in [0.4, 0.5) is 0 Å². The minimum absolute atomic E-state index is 0.256. The molecule has 0 aliphatic rings. The minimum atomic E-state index is -0.481. The Labute approximate surface area is 83.5 Å². The van der Waals surface area contributed by atoms with E-state index in [9.17, 15) is 4.79 Å². The summed E-state index contributed by atoms with van der Waals surface area (Å²) >= 11 is 3.17. The number of rotatable bonds is 3. The number of halogens is 1. The number of esters is 1. The fourth-order valence-corrected chi connectivity index (χ4v) is 1.24. The molecular formula is C7H9BrN2O3. The van der Waals surface area contributed by atoms with E-state index in [4.69, 9.17) is 4.74 Å². The zero-order chi connectivity index (χ0) is 9.84. The van der Waals surface area contributed by atoms with Crippen molar-refractivity contribution in [3.05, 3.63) is 10.2 Å². The third-order valence-electron chi connectivity index (χ3n) is 1.35. The lowest BCUT2D eigenvalue weighted by Crippen LogP contribution is -2.02. The lowest BCUT2D eigenvalue weighted by atomic mass is 10.4. The molecule has 0 amide bonds. The van der Waals surface area contributed by atoms with Crippen molar-refractivity contribution in [1.29, 1.82) is 0 Å². The highest BCUT2D eigenvalue weighted by Crippen LogP contribution is 2.25. The summed E-state index contributed by atoms with van der Waals surface area (Å²) in [5.74, 6) is -0.117. The number of carbonyl (C=O) groups excluding carboxylic acids is 1. The van der Waals surface area contributed by atoms with Crippen LogP contribution in [-0.2, 0) is 4.74 Å². The topological polar surface area (TPSA) is 64.2 Å². The van der Waals surface area contributed by atoms with Crippen molar-refractivity contribution in [2.45, 2.75) is 6.92 Å². The maximum Gasteiger partial charge on any atom is 0.357 e. The molecule has 13 heavy (non-hydrogen) atoms. The first-order chi connectivity index (χ1) is 6.20. The van der Waals surface area contributed by atoms with Crippen LogP contribution in [0.15, 0.2) is 4.47 Å². The first kappa shape index (κ1) is 10.0. The number of carbonyl (C=O) groups is 1. The van der Waals surface area contributed by atoms with E-state index in [0.29, 0.717) is 17.0 Å². The van der Waals surface area contributed by atoms with Crippen molar-refractivity contribution < 1.29 is 14.3 Å². The highest BCUT2D eigenvalue weighted by Gasteiger charge is 2.18. The van der Waals surface area contributed by atoms with Crippen molar-refractivity contribution >= 4 is 21.9 Å². The summed E-state index contributed by atoms with van der Waals surface area (Å²) in [7, 11) is 1.30. The second-order valence-corrected chi connectivity index (χ2v) is 2.94. The zero-order valence-electron chi connectivity index (χ0n) is 7.26. The quantitative estimate of drug-likeness (QED) is 0.821. The summed E-state index contributed by atoms with van der Waals surface area (Å²) < 4.78 is 10.1. The highest BCUT2D eigenvalue weighted by molar-refractivity contribution is 9.10. The van der Waals surface area contributed by atoms with Crippen molar-refractivity contribution in [2.24, 2.45) is 0 Å². The Morgan fingerprint density at radius 3 is 2.92 bits per heavy atom. The number of H-pyrrole nitrogens is 1. The van der Waals surface area contributed by atoms with Gasteiger partial charge in [0.05, 0.1) is 13.7 Å². The molecule has 1 aromatic rings. The summed E-state index contributed by atoms with van der Waals surface area (Å²) in [6.45, 7) is 2.32. The minimum Gasteiger partial charge on any atom is -0.476 e. The molecule has 1 N–H and O–H groups in total. The van der Waals surface area contributed by atoms with Crippen molar-refractivity contribution in [1.82, 2.24) is 10.2 Å². The Kier molecular flexibility index (Phi) is 3.30. The fourth-order valence-electron chi connectivity index (χ4n) is 0.781. The van der Waals surface area contributed by atoms with Crippen LogP contribution in [0.3, 0.4) is 0 Å². The molecule has 0 saturated heterocycles. The molecule has 0 aliphatic carbocycles. The van der Waals surface area contributed by atoms with E-state index in [1.54, 1.807) is 0 Å². The Morgan fingerprint density at radius 1 is 1.69 bits per heavy atom.